The van der Waals surface area contributed by atoms with Crippen LogP contribution >= 0.6 is 0 Å². The molecule has 0 unspecified atom stereocenters. The Balaban J connectivity index is 2.45. The number of benzene rings is 1. The zero-order chi connectivity index (χ0) is 12.3. The number of aromatic nitrogens is 2. The van der Waals surface area contributed by atoms with E-state index in [1.165, 1.54) is 0 Å². The quantitative estimate of drug-likeness (QED) is 0.787. The summed E-state index contributed by atoms with van der Waals surface area (Å²) in [6.07, 6.45) is 0. The summed E-state index contributed by atoms with van der Waals surface area (Å²) in [7, 11) is 1.62. The zero-order valence-corrected chi connectivity index (χ0v) is 9.64. The van der Waals surface area contributed by atoms with Crippen LogP contribution in [0, 0.1) is 18.3 Å². The van der Waals surface area contributed by atoms with E-state index in [1.54, 1.807) is 7.11 Å². The van der Waals surface area contributed by atoms with E-state index in [0.717, 1.165) is 22.7 Å². The fraction of sp³-hybridized carbons (Fsp3) is 0.154. The summed E-state index contributed by atoms with van der Waals surface area (Å²) in [5.41, 5.74) is 2.46. The first-order chi connectivity index (χ1) is 8.22. The second-order valence-corrected chi connectivity index (χ2v) is 3.56. The lowest BCUT2D eigenvalue weighted by Crippen LogP contribution is -1.94. The summed E-state index contributed by atoms with van der Waals surface area (Å²) in [5, 5.41) is 8.82. The lowest BCUT2D eigenvalue weighted by molar-refractivity contribution is 0.415. The summed E-state index contributed by atoms with van der Waals surface area (Å²) in [6.45, 7) is 1.84. The molecule has 0 saturated heterocycles. The number of methoxy groups -OCH3 is 1. The van der Waals surface area contributed by atoms with Gasteiger partial charge in [-0.3, -0.25) is 0 Å². The third-order valence-corrected chi connectivity index (χ3v) is 2.34. The fourth-order valence-electron chi connectivity index (χ4n) is 1.53. The number of aryl methyl sites for hydroxylation is 1. The standard InChI is InChI=1S/C13H11N3O/c1-9-7-12(16-13(8-14)15-9)10-3-5-11(17-2)6-4-10/h3-7H,1-2H3. The minimum Gasteiger partial charge on any atom is -0.497 e. The molecule has 84 valence electrons. The molecule has 4 heteroatoms. The molecule has 1 aromatic carbocycles. The SMILES string of the molecule is COc1ccc(-c2cc(C)nc(C#N)n2)cc1. The molecular formula is C13H11N3O. The zero-order valence-electron chi connectivity index (χ0n) is 9.64. The van der Waals surface area contributed by atoms with Gasteiger partial charge in [-0.1, -0.05) is 0 Å². The van der Waals surface area contributed by atoms with Gasteiger partial charge in [-0.2, -0.15) is 5.26 Å². The van der Waals surface area contributed by atoms with Gasteiger partial charge in [0.2, 0.25) is 5.82 Å². The van der Waals surface area contributed by atoms with Crippen molar-refractivity contribution >= 4 is 0 Å². The van der Waals surface area contributed by atoms with E-state index >= 15 is 0 Å². The average molecular weight is 225 g/mol. The van der Waals surface area contributed by atoms with E-state index in [2.05, 4.69) is 9.97 Å². The highest BCUT2D eigenvalue weighted by atomic mass is 16.5. The molecule has 0 aliphatic heterocycles. The Morgan fingerprint density at radius 2 is 1.88 bits per heavy atom. The molecule has 0 spiro atoms. The molecule has 0 saturated carbocycles. The van der Waals surface area contributed by atoms with Gasteiger partial charge in [-0.25, -0.2) is 9.97 Å². The number of ether oxygens (including phenoxy) is 1. The minimum atomic E-state index is 0.191. The predicted molar refractivity (Wildman–Crippen MR) is 63.5 cm³/mol. The van der Waals surface area contributed by atoms with Crippen LogP contribution in [-0.2, 0) is 0 Å². The lowest BCUT2D eigenvalue weighted by atomic mass is 10.1. The Kier molecular flexibility index (Phi) is 3.01. The minimum absolute atomic E-state index is 0.191. The predicted octanol–water partition coefficient (Wildman–Crippen LogP) is 2.33. The third kappa shape index (κ3) is 2.40. The molecule has 2 rings (SSSR count). The molecule has 0 radical (unpaired) electrons. The van der Waals surface area contributed by atoms with Crippen LogP contribution in [-0.4, -0.2) is 17.1 Å². The van der Waals surface area contributed by atoms with Crippen molar-refractivity contribution in [1.29, 1.82) is 5.26 Å². The van der Waals surface area contributed by atoms with E-state index in [1.807, 2.05) is 43.3 Å². The highest BCUT2D eigenvalue weighted by Crippen LogP contribution is 2.21. The van der Waals surface area contributed by atoms with Crippen molar-refractivity contribution in [1.82, 2.24) is 9.97 Å². The van der Waals surface area contributed by atoms with Crippen LogP contribution in [0.25, 0.3) is 11.3 Å². The molecule has 0 aliphatic rings. The van der Waals surface area contributed by atoms with E-state index in [0.29, 0.717) is 0 Å². The molecule has 1 heterocycles. The summed E-state index contributed by atoms with van der Waals surface area (Å²) < 4.78 is 5.09. The topological polar surface area (TPSA) is 58.8 Å². The maximum atomic E-state index is 8.82. The Morgan fingerprint density at radius 3 is 2.47 bits per heavy atom. The van der Waals surface area contributed by atoms with Crippen LogP contribution in [0.4, 0.5) is 0 Å². The molecule has 0 amide bonds. The summed E-state index contributed by atoms with van der Waals surface area (Å²) in [6, 6.07) is 11.3. The maximum absolute atomic E-state index is 8.82. The van der Waals surface area contributed by atoms with Crippen molar-refractivity contribution in [3.05, 3.63) is 41.9 Å². The van der Waals surface area contributed by atoms with Crippen LogP contribution < -0.4 is 4.74 Å². The van der Waals surface area contributed by atoms with Crippen molar-refractivity contribution in [3.8, 4) is 23.1 Å². The first-order valence-corrected chi connectivity index (χ1v) is 5.13. The number of hydrogen-bond donors (Lipinski definition) is 0. The van der Waals surface area contributed by atoms with Crippen LogP contribution in [0.2, 0.25) is 0 Å². The fourth-order valence-corrected chi connectivity index (χ4v) is 1.53. The van der Waals surface area contributed by atoms with Crippen LogP contribution in [0.5, 0.6) is 5.75 Å². The van der Waals surface area contributed by atoms with E-state index < -0.39 is 0 Å². The van der Waals surface area contributed by atoms with Gasteiger partial charge in [-0.05, 0) is 37.3 Å². The summed E-state index contributed by atoms with van der Waals surface area (Å²) >= 11 is 0. The van der Waals surface area contributed by atoms with E-state index in [9.17, 15) is 0 Å². The molecule has 17 heavy (non-hydrogen) atoms. The first-order valence-electron chi connectivity index (χ1n) is 5.13. The van der Waals surface area contributed by atoms with Crippen LogP contribution in [0.15, 0.2) is 30.3 Å². The smallest absolute Gasteiger partial charge is 0.232 e. The Labute approximate surface area is 99.5 Å². The molecule has 2 aromatic rings. The van der Waals surface area contributed by atoms with Crippen molar-refractivity contribution in [2.24, 2.45) is 0 Å². The number of nitriles is 1. The normalized spacial score (nSPS) is 9.71. The number of nitrogens with zero attached hydrogens (tertiary/aromatic N) is 3. The third-order valence-electron chi connectivity index (χ3n) is 2.34. The highest BCUT2D eigenvalue weighted by molar-refractivity contribution is 5.60. The molecule has 0 N–H and O–H groups in total. The lowest BCUT2D eigenvalue weighted by Gasteiger charge is -2.04. The number of hydrogen-bond acceptors (Lipinski definition) is 4. The second-order valence-electron chi connectivity index (χ2n) is 3.56. The van der Waals surface area contributed by atoms with Gasteiger partial charge in [0, 0.05) is 11.3 Å². The van der Waals surface area contributed by atoms with Crippen molar-refractivity contribution in [2.75, 3.05) is 7.11 Å². The molecule has 4 nitrogen and oxygen atoms in total. The Hall–Kier alpha value is -2.41. The highest BCUT2D eigenvalue weighted by Gasteiger charge is 2.04. The number of rotatable bonds is 2. The van der Waals surface area contributed by atoms with Gasteiger partial charge < -0.3 is 4.74 Å². The largest absolute Gasteiger partial charge is 0.497 e. The van der Waals surface area contributed by atoms with Gasteiger partial charge >= 0.3 is 0 Å². The molecule has 0 aliphatic carbocycles. The molecule has 1 aromatic heterocycles. The molecule has 0 atom stereocenters. The molecular weight excluding hydrogens is 214 g/mol. The van der Waals surface area contributed by atoms with Gasteiger partial charge in [0.25, 0.3) is 0 Å². The Morgan fingerprint density at radius 1 is 1.18 bits per heavy atom. The summed E-state index contributed by atoms with van der Waals surface area (Å²) in [5.74, 6) is 0.982. The first kappa shape index (κ1) is 11.1. The van der Waals surface area contributed by atoms with Crippen molar-refractivity contribution < 1.29 is 4.74 Å². The van der Waals surface area contributed by atoms with Crippen molar-refractivity contribution in [3.63, 3.8) is 0 Å². The maximum Gasteiger partial charge on any atom is 0.232 e. The van der Waals surface area contributed by atoms with Gasteiger partial charge in [0.15, 0.2) is 0 Å². The van der Waals surface area contributed by atoms with Gasteiger partial charge in [0.05, 0.1) is 12.8 Å². The van der Waals surface area contributed by atoms with Crippen LogP contribution in [0.3, 0.4) is 0 Å². The molecule has 0 bridgehead atoms. The van der Waals surface area contributed by atoms with Crippen LogP contribution in [0.1, 0.15) is 11.5 Å². The molecule has 0 fully saturated rings. The summed E-state index contributed by atoms with van der Waals surface area (Å²) in [4.78, 5) is 8.18. The average Bonchev–Trinajstić information content (AvgIpc) is 2.38. The Bertz CT molecular complexity index is 570. The van der Waals surface area contributed by atoms with Gasteiger partial charge in [-0.15, -0.1) is 0 Å². The monoisotopic (exact) mass is 225 g/mol. The van der Waals surface area contributed by atoms with E-state index in [-0.39, 0.29) is 5.82 Å². The van der Waals surface area contributed by atoms with E-state index in [4.69, 9.17) is 10.00 Å². The second kappa shape index (κ2) is 4.62. The van der Waals surface area contributed by atoms with Crippen molar-refractivity contribution in [2.45, 2.75) is 6.92 Å². The van der Waals surface area contributed by atoms with Gasteiger partial charge in [0.1, 0.15) is 11.8 Å².